The first-order valence-corrected chi connectivity index (χ1v) is 4.15. The van der Waals surface area contributed by atoms with Crippen LogP contribution >= 0.6 is 0 Å². The van der Waals surface area contributed by atoms with E-state index in [2.05, 4.69) is 0 Å². The molecule has 0 aliphatic carbocycles. The van der Waals surface area contributed by atoms with E-state index in [-0.39, 0.29) is 11.3 Å². The predicted octanol–water partition coefficient (Wildman–Crippen LogP) is 2.38. The van der Waals surface area contributed by atoms with Gasteiger partial charge in [0.05, 0.1) is 7.11 Å². The molecule has 0 aliphatic heterocycles. The summed E-state index contributed by atoms with van der Waals surface area (Å²) in [4.78, 5) is 0. The van der Waals surface area contributed by atoms with Crippen LogP contribution in [0.5, 0.6) is 5.75 Å². The number of para-hydroxylation sites is 1. The van der Waals surface area contributed by atoms with Crippen LogP contribution in [0.2, 0.25) is 0 Å². The summed E-state index contributed by atoms with van der Waals surface area (Å²) in [7, 11) is 1.37. The van der Waals surface area contributed by atoms with Gasteiger partial charge in [0, 0.05) is 12.5 Å². The zero-order valence-corrected chi connectivity index (χ0v) is 8.00. The highest BCUT2D eigenvalue weighted by molar-refractivity contribution is 5.35. The van der Waals surface area contributed by atoms with Crippen molar-refractivity contribution in [3.8, 4) is 5.75 Å². The number of hydrogen-bond donors (Lipinski definition) is 1. The molecule has 0 saturated heterocycles. The second-order valence-corrected chi connectivity index (χ2v) is 3.10. The third-order valence-corrected chi connectivity index (χ3v) is 1.91. The largest absolute Gasteiger partial charge is 0.496 e. The van der Waals surface area contributed by atoms with Gasteiger partial charge in [-0.3, -0.25) is 0 Å². The van der Waals surface area contributed by atoms with Gasteiger partial charge in [0.15, 0.2) is 0 Å². The zero-order chi connectivity index (χ0) is 10.8. The van der Waals surface area contributed by atoms with E-state index in [1.165, 1.54) is 19.2 Å². The molecule has 0 aromatic heterocycles. The molecular weight excluding hydrogens is 190 g/mol. The molecule has 0 bridgehead atoms. The number of ether oxygens (including phenoxy) is 1. The lowest BCUT2D eigenvalue weighted by molar-refractivity contribution is -0.0961. The van der Waals surface area contributed by atoms with Gasteiger partial charge in [-0.15, -0.1) is 0 Å². The van der Waals surface area contributed by atoms with Gasteiger partial charge in [0.1, 0.15) is 11.9 Å². The van der Waals surface area contributed by atoms with Crippen molar-refractivity contribution in [1.29, 1.82) is 0 Å². The van der Waals surface area contributed by atoms with Crippen LogP contribution in [-0.4, -0.2) is 18.1 Å². The summed E-state index contributed by atoms with van der Waals surface area (Å²) in [5.41, 5.74) is 0.0995. The van der Waals surface area contributed by atoms with Crippen molar-refractivity contribution in [2.45, 2.75) is 19.0 Å². The van der Waals surface area contributed by atoms with E-state index in [0.717, 1.165) is 0 Å². The Labute approximate surface area is 81.1 Å². The molecule has 1 atom stereocenters. The molecular formula is C10H12F2O2. The summed E-state index contributed by atoms with van der Waals surface area (Å²) in [5.74, 6) is -2.91. The lowest BCUT2D eigenvalue weighted by Gasteiger charge is -2.20. The van der Waals surface area contributed by atoms with Gasteiger partial charge < -0.3 is 9.84 Å². The minimum absolute atomic E-state index is 0.0995. The highest BCUT2D eigenvalue weighted by Gasteiger charge is 2.35. The molecule has 0 amide bonds. The minimum atomic E-state index is -3.17. The van der Waals surface area contributed by atoms with Crippen molar-refractivity contribution in [2.75, 3.05) is 7.11 Å². The standard InChI is InChI=1S/C10H12F2O2/c1-10(11,12)9(13)7-5-3-4-6-8(7)14-2/h3-6,9,13H,1-2H3. The topological polar surface area (TPSA) is 29.5 Å². The van der Waals surface area contributed by atoms with Gasteiger partial charge in [-0.05, 0) is 6.07 Å². The molecule has 14 heavy (non-hydrogen) atoms. The zero-order valence-electron chi connectivity index (χ0n) is 8.00. The molecule has 0 spiro atoms. The van der Waals surface area contributed by atoms with E-state index in [0.29, 0.717) is 6.92 Å². The van der Waals surface area contributed by atoms with Gasteiger partial charge in [-0.25, -0.2) is 8.78 Å². The Morgan fingerprint density at radius 2 is 1.93 bits per heavy atom. The fourth-order valence-electron chi connectivity index (χ4n) is 1.17. The summed E-state index contributed by atoms with van der Waals surface area (Å²) >= 11 is 0. The number of aliphatic hydroxyl groups is 1. The van der Waals surface area contributed by atoms with E-state index in [4.69, 9.17) is 4.74 Å². The van der Waals surface area contributed by atoms with E-state index in [1.807, 2.05) is 0 Å². The number of benzene rings is 1. The van der Waals surface area contributed by atoms with Crippen LogP contribution in [-0.2, 0) is 0 Å². The molecule has 1 N–H and O–H groups in total. The summed E-state index contributed by atoms with van der Waals surface area (Å²) in [6.07, 6.45) is -1.83. The summed E-state index contributed by atoms with van der Waals surface area (Å²) in [6.45, 7) is 0.671. The molecule has 0 saturated carbocycles. The van der Waals surface area contributed by atoms with Crippen LogP contribution in [0.4, 0.5) is 8.78 Å². The number of methoxy groups -OCH3 is 1. The first-order chi connectivity index (χ1) is 6.46. The Balaban J connectivity index is 3.06. The van der Waals surface area contributed by atoms with E-state index < -0.39 is 12.0 Å². The van der Waals surface area contributed by atoms with Crippen LogP contribution in [0.25, 0.3) is 0 Å². The van der Waals surface area contributed by atoms with Crippen LogP contribution in [0.3, 0.4) is 0 Å². The van der Waals surface area contributed by atoms with Crippen LogP contribution in [0.1, 0.15) is 18.6 Å². The molecule has 4 heteroatoms. The predicted molar refractivity (Wildman–Crippen MR) is 48.6 cm³/mol. The SMILES string of the molecule is COc1ccccc1C(O)C(C)(F)F. The lowest BCUT2D eigenvalue weighted by Crippen LogP contribution is -2.22. The van der Waals surface area contributed by atoms with E-state index in [9.17, 15) is 13.9 Å². The van der Waals surface area contributed by atoms with Gasteiger partial charge in [0.2, 0.25) is 0 Å². The average molecular weight is 202 g/mol. The van der Waals surface area contributed by atoms with Crippen LogP contribution in [0, 0.1) is 0 Å². The number of aliphatic hydroxyl groups excluding tert-OH is 1. The molecule has 78 valence electrons. The quantitative estimate of drug-likeness (QED) is 0.815. The van der Waals surface area contributed by atoms with Crippen molar-refractivity contribution >= 4 is 0 Å². The van der Waals surface area contributed by atoms with Gasteiger partial charge >= 0.3 is 0 Å². The summed E-state index contributed by atoms with van der Waals surface area (Å²) in [5, 5.41) is 9.34. The normalized spacial score (nSPS) is 13.8. The van der Waals surface area contributed by atoms with E-state index in [1.54, 1.807) is 12.1 Å². The maximum Gasteiger partial charge on any atom is 0.274 e. The fraction of sp³-hybridized carbons (Fsp3) is 0.400. The second-order valence-electron chi connectivity index (χ2n) is 3.10. The number of rotatable bonds is 3. The molecule has 0 aliphatic rings. The van der Waals surface area contributed by atoms with Crippen LogP contribution < -0.4 is 4.74 Å². The smallest absolute Gasteiger partial charge is 0.274 e. The summed E-state index contributed by atoms with van der Waals surface area (Å²) in [6, 6.07) is 6.18. The Kier molecular flexibility index (Phi) is 3.06. The third-order valence-electron chi connectivity index (χ3n) is 1.91. The molecule has 0 fully saturated rings. The van der Waals surface area contributed by atoms with Crippen molar-refractivity contribution in [1.82, 2.24) is 0 Å². The van der Waals surface area contributed by atoms with Crippen molar-refractivity contribution in [2.24, 2.45) is 0 Å². The number of hydrogen-bond acceptors (Lipinski definition) is 2. The molecule has 1 rings (SSSR count). The Hall–Kier alpha value is -1.16. The maximum atomic E-state index is 12.8. The lowest BCUT2D eigenvalue weighted by atomic mass is 10.0. The summed E-state index contributed by atoms with van der Waals surface area (Å²) < 4.78 is 30.5. The Morgan fingerprint density at radius 1 is 1.36 bits per heavy atom. The second kappa shape index (κ2) is 3.92. The van der Waals surface area contributed by atoms with Gasteiger partial charge in [-0.2, -0.15) is 0 Å². The molecule has 1 aromatic rings. The maximum absolute atomic E-state index is 12.8. The fourth-order valence-corrected chi connectivity index (χ4v) is 1.17. The minimum Gasteiger partial charge on any atom is -0.496 e. The average Bonchev–Trinajstić information content (AvgIpc) is 2.15. The van der Waals surface area contributed by atoms with Gasteiger partial charge in [0.25, 0.3) is 5.92 Å². The number of halogens is 2. The highest BCUT2D eigenvalue weighted by Crippen LogP contribution is 2.35. The molecule has 1 unspecified atom stereocenters. The molecule has 0 heterocycles. The monoisotopic (exact) mass is 202 g/mol. The van der Waals surface area contributed by atoms with Crippen molar-refractivity contribution in [3.63, 3.8) is 0 Å². The molecule has 2 nitrogen and oxygen atoms in total. The number of alkyl halides is 2. The Morgan fingerprint density at radius 3 is 2.43 bits per heavy atom. The van der Waals surface area contributed by atoms with Crippen molar-refractivity contribution in [3.05, 3.63) is 29.8 Å². The first kappa shape index (κ1) is 10.9. The van der Waals surface area contributed by atoms with Gasteiger partial charge in [-0.1, -0.05) is 18.2 Å². The molecule has 1 aromatic carbocycles. The molecule has 0 radical (unpaired) electrons. The Bertz CT molecular complexity index is 307. The highest BCUT2D eigenvalue weighted by atomic mass is 19.3. The first-order valence-electron chi connectivity index (χ1n) is 4.15. The van der Waals surface area contributed by atoms with Crippen molar-refractivity contribution < 1.29 is 18.6 Å². The van der Waals surface area contributed by atoms with Crippen LogP contribution in [0.15, 0.2) is 24.3 Å². The third kappa shape index (κ3) is 2.20. The van der Waals surface area contributed by atoms with E-state index >= 15 is 0 Å².